The summed E-state index contributed by atoms with van der Waals surface area (Å²) in [6.45, 7) is 1.00. The first-order chi connectivity index (χ1) is 14.0. The van der Waals surface area contributed by atoms with E-state index in [-0.39, 0.29) is 25.6 Å². The molecule has 2 aliphatic rings. The van der Waals surface area contributed by atoms with Crippen molar-refractivity contribution >= 4 is 11.8 Å². The quantitative estimate of drug-likeness (QED) is 0.847. The molecule has 29 heavy (non-hydrogen) atoms. The molecule has 0 unspecified atom stereocenters. The highest BCUT2D eigenvalue weighted by molar-refractivity contribution is 5.95. The molecule has 0 saturated carbocycles. The molecule has 9 heteroatoms. The van der Waals surface area contributed by atoms with E-state index in [2.05, 4.69) is 9.97 Å². The molecule has 0 radical (unpaired) electrons. The Kier molecular flexibility index (Phi) is 5.08. The van der Waals surface area contributed by atoms with E-state index in [0.717, 1.165) is 23.5 Å². The minimum Gasteiger partial charge on any atom is -0.375 e. The standard InChI is InChI=1S/C20H22F2N4O3/c1-29-11-16(27)26-8-5-15-18(24-12-23-15)20(26)6-9-25(10-7-20)19(28)17-13(21)3-2-4-14(17)22/h2-4,12H,5-11H2,1H3,(H,23,24). The summed E-state index contributed by atoms with van der Waals surface area (Å²) in [5.41, 5.74) is 0.581. The third-order valence-electron chi connectivity index (χ3n) is 5.88. The van der Waals surface area contributed by atoms with Gasteiger partial charge in [-0.05, 0) is 25.0 Å². The molecule has 154 valence electrons. The molecular formula is C20H22F2N4O3. The van der Waals surface area contributed by atoms with Crippen molar-refractivity contribution in [3.8, 4) is 0 Å². The molecule has 2 amide bonds. The number of hydrogen-bond acceptors (Lipinski definition) is 4. The number of benzene rings is 1. The van der Waals surface area contributed by atoms with Gasteiger partial charge < -0.3 is 19.5 Å². The summed E-state index contributed by atoms with van der Waals surface area (Å²) in [4.78, 5) is 36.3. The Morgan fingerprint density at radius 2 is 1.90 bits per heavy atom. The Bertz CT molecular complexity index is 917. The smallest absolute Gasteiger partial charge is 0.259 e. The maximum Gasteiger partial charge on any atom is 0.259 e. The van der Waals surface area contributed by atoms with Gasteiger partial charge in [0.25, 0.3) is 5.91 Å². The van der Waals surface area contributed by atoms with E-state index < -0.39 is 28.6 Å². The first-order valence-corrected chi connectivity index (χ1v) is 9.53. The first-order valence-electron chi connectivity index (χ1n) is 9.53. The Hall–Kier alpha value is -2.81. The number of aromatic nitrogens is 2. The van der Waals surface area contributed by atoms with Gasteiger partial charge in [-0.1, -0.05) is 6.07 Å². The topological polar surface area (TPSA) is 78.5 Å². The van der Waals surface area contributed by atoms with Crippen LogP contribution in [0.3, 0.4) is 0 Å². The normalized spacial score (nSPS) is 18.0. The van der Waals surface area contributed by atoms with Crippen LogP contribution >= 0.6 is 0 Å². The fraction of sp³-hybridized carbons (Fsp3) is 0.450. The van der Waals surface area contributed by atoms with Gasteiger partial charge in [0.15, 0.2) is 0 Å². The van der Waals surface area contributed by atoms with Crippen molar-refractivity contribution in [2.24, 2.45) is 0 Å². The summed E-state index contributed by atoms with van der Waals surface area (Å²) in [6, 6.07) is 3.38. The molecule has 4 rings (SSSR count). The molecule has 2 aliphatic heterocycles. The van der Waals surface area contributed by atoms with Crippen LogP contribution in [-0.4, -0.2) is 64.9 Å². The Morgan fingerprint density at radius 1 is 1.21 bits per heavy atom. The lowest BCUT2D eigenvalue weighted by atomic mass is 9.78. The van der Waals surface area contributed by atoms with Gasteiger partial charge in [-0.15, -0.1) is 0 Å². The number of methoxy groups -OCH3 is 1. The van der Waals surface area contributed by atoms with Gasteiger partial charge in [0.2, 0.25) is 5.91 Å². The van der Waals surface area contributed by atoms with Crippen molar-refractivity contribution in [3.05, 3.63) is 53.1 Å². The fourth-order valence-corrected chi connectivity index (χ4v) is 4.49. The van der Waals surface area contributed by atoms with Crippen molar-refractivity contribution in [2.45, 2.75) is 24.8 Å². The Balaban J connectivity index is 1.60. The molecule has 0 atom stereocenters. The molecule has 3 heterocycles. The van der Waals surface area contributed by atoms with Crippen LogP contribution in [0.2, 0.25) is 0 Å². The van der Waals surface area contributed by atoms with Crippen LogP contribution in [0, 0.1) is 11.6 Å². The zero-order chi connectivity index (χ0) is 20.6. The molecule has 0 bridgehead atoms. The number of carbonyl (C=O) groups is 2. The number of rotatable bonds is 3. The van der Waals surface area contributed by atoms with Crippen molar-refractivity contribution in [1.82, 2.24) is 19.8 Å². The molecule has 1 saturated heterocycles. The van der Waals surface area contributed by atoms with E-state index in [0.29, 0.717) is 25.8 Å². The van der Waals surface area contributed by atoms with E-state index in [4.69, 9.17) is 4.74 Å². The monoisotopic (exact) mass is 404 g/mol. The molecular weight excluding hydrogens is 382 g/mol. The van der Waals surface area contributed by atoms with Crippen LogP contribution in [0.5, 0.6) is 0 Å². The largest absolute Gasteiger partial charge is 0.375 e. The van der Waals surface area contributed by atoms with Gasteiger partial charge in [-0.25, -0.2) is 13.8 Å². The van der Waals surface area contributed by atoms with Gasteiger partial charge in [0.1, 0.15) is 23.8 Å². The Labute approximate surface area is 166 Å². The van der Waals surface area contributed by atoms with E-state index >= 15 is 0 Å². The predicted octanol–water partition coefficient (Wildman–Crippen LogP) is 1.85. The third-order valence-corrected chi connectivity index (χ3v) is 5.88. The maximum atomic E-state index is 14.0. The molecule has 1 aromatic heterocycles. The summed E-state index contributed by atoms with van der Waals surface area (Å²) in [6.07, 6.45) is 3.14. The number of ether oxygens (including phenoxy) is 1. The second-order valence-electron chi connectivity index (χ2n) is 7.38. The highest BCUT2D eigenvalue weighted by Gasteiger charge is 2.49. The predicted molar refractivity (Wildman–Crippen MR) is 99.1 cm³/mol. The highest BCUT2D eigenvalue weighted by Crippen LogP contribution is 2.42. The van der Waals surface area contributed by atoms with E-state index in [1.807, 2.05) is 0 Å². The lowest BCUT2D eigenvalue weighted by Crippen LogP contribution is -2.59. The number of halogens is 2. The first kappa shape index (κ1) is 19.5. The number of imidazole rings is 1. The minimum absolute atomic E-state index is 0.0371. The number of H-pyrrole nitrogens is 1. The van der Waals surface area contributed by atoms with E-state index in [1.54, 1.807) is 11.2 Å². The molecule has 1 spiro atoms. The number of hydrogen-bond donors (Lipinski definition) is 1. The lowest BCUT2D eigenvalue weighted by Gasteiger charge is -2.50. The van der Waals surface area contributed by atoms with Crippen LogP contribution in [0.25, 0.3) is 0 Å². The average Bonchev–Trinajstić information content (AvgIpc) is 3.19. The number of piperidine rings is 1. The number of nitrogens with zero attached hydrogens (tertiary/aromatic N) is 3. The van der Waals surface area contributed by atoms with Gasteiger partial charge in [-0.3, -0.25) is 9.59 Å². The number of nitrogens with one attached hydrogen (secondary N) is 1. The molecule has 0 aliphatic carbocycles. The van der Waals surface area contributed by atoms with Crippen LogP contribution < -0.4 is 0 Å². The summed E-state index contributed by atoms with van der Waals surface area (Å²) in [5.74, 6) is -2.57. The molecule has 2 aromatic rings. The van der Waals surface area contributed by atoms with Crippen molar-refractivity contribution in [1.29, 1.82) is 0 Å². The van der Waals surface area contributed by atoms with Gasteiger partial charge >= 0.3 is 0 Å². The van der Waals surface area contributed by atoms with Crippen LogP contribution in [-0.2, 0) is 21.5 Å². The van der Waals surface area contributed by atoms with E-state index in [1.165, 1.54) is 18.1 Å². The Morgan fingerprint density at radius 3 is 2.55 bits per heavy atom. The fourth-order valence-electron chi connectivity index (χ4n) is 4.49. The summed E-state index contributed by atoms with van der Waals surface area (Å²) in [7, 11) is 1.47. The third kappa shape index (κ3) is 3.19. The number of amides is 2. The maximum absolute atomic E-state index is 14.0. The van der Waals surface area contributed by atoms with Gasteiger partial charge in [0.05, 0.1) is 17.6 Å². The number of aromatic amines is 1. The second kappa shape index (κ2) is 7.55. The number of likely N-dealkylation sites (tertiary alicyclic amines) is 1. The molecule has 1 N–H and O–H groups in total. The van der Waals surface area contributed by atoms with Crippen molar-refractivity contribution < 1.29 is 23.1 Å². The summed E-state index contributed by atoms with van der Waals surface area (Å²) in [5, 5.41) is 0. The van der Waals surface area contributed by atoms with Crippen molar-refractivity contribution in [3.63, 3.8) is 0 Å². The SMILES string of the molecule is COCC(=O)N1CCc2[nH]cnc2C12CCN(C(=O)c1c(F)cccc1F)CC2. The second-order valence-corrected chi connectivity index (χ2v) is 7.38. The highest BCUT2D eigenvalue weighted by atomic mass is 19.1. The summed E-state index contributed by atoms with van der Waals surface area (Å²) >= 11 is 0. The minimum atomic E-state index is -0.876. The lowest BCUT2D eigenvalue weighted by molar-refractivity contribution is -0.145. The summed E-state index contributed by atoms with van der Waals surface area (Å²) < 4.78 is 33.1. The van der Waals surface area contributed by atoms with Crippen LogP contribution in [0.4, 0.5) is 8.78 Å². The average molecular weight is 404 g/mol. The van der Waals surface area contributed by atoms with Gasteiger partial charge in [-0.2, -0.15) is 0 Å². The molecule has 7 nitrogen and oxygen atoms in total. The molecule has 1 aromatic carbocycles. The molecule has 1 fully saturated rings. The number of carbonyl (C=O) groups excluding carboxylic acids is 2. The zero-order valence-corrected chi connectivity index (χ0v) is 16.1. The van der Waals surface area contributed by atoms with Crippen LogP contribution in [0.15, 0.2) is 24.5 Å². The zero-order valence-electron chi connectivity index (χ0n) is 16.1. The van der Waals surface area contributed by atoms with E-state index in [9.17, 15) is 18.4 Å². The number of fused-ring (bicyclic) bond motifs is 2. The van der Waals surface area contributed by atoms with Gasteiger partial charge in [0, 0.05) is 38.9 Å². The van der Waals surface area contributed by atoms with Crippen molar-refractivity contribution in [2.75, 3.05) is 33.4 Å². The van der Waals surface area contributed by atoms with Crippen LogP contribution in [0.1, 0.15) is 34.6 Å².